The normalized spacial score (nSPS) is 16.1. The van der Waals surface area contributed by atoms with E-state index in [1.807, 2.05) is 0 Å². The van der Waals surface area contributed by atoms with E-state index < -0.39 is 4.92 Å². The number of rotatable bonds is 4. The van der Waals surface area contributed by atoms with Crippen LogP contribution in [-0.2, 0) is 0 Å². The Hall–Kier alpha value is -1.36. The third-order valence-corrected chi connectivity index (χ3v) is 3.13. The van der Waals surface area contributed by atoms with Crippen molar-refractivity contribution >= 4 is 17.4 Å². The molecule has 1 saturated carbocycles. The van der Waals surface area contributed by atoms with Crippen LogP contribution in [0.2, 0.25) is 5.02 Å². The average molecular weight is 257 g/mol. The average Bonchev–Trinajstić information content (AvgIpc) is 2.78. The van der Waals surface area contributed by atoms with Gasteiger partial charge in [0.05, 0.1) is 11.6 Å². The molecule has 1 aliphatic rings. The van der Waals surface area contributed by atoms with E-state index in [4.69, 9.17) is 16.3 Å². The summed E-state index contributed by atoms with van der Waals surface area (Å²) in [6, 6.07) is 1.45. The van der Waals surface area contributed by atoms with Crippen molar-refractivity contribution in [2.75, 3.05) is 6.61 Å². The molecule has 5 nitrogen and oxygen atoms in total. The fourth-order valence-corrected chi connectivity index (χ4v) is 2.19. The van der Waals surface area contributed by atoms with Crippen molar-refractivity contribution in [2.24, 2.45) is 5.92 Å². The molecule has 0 aromatic carbocycles. The molecule has 2 rings (SSSR count). The molecule has 0 spiro atoms. The van der Waals surface area contributed by atoms with Gasteiger partial charge in [0.25, 0.3) is 0 Å². The van der Waals surface area contributed by atoms with Crippen molar-refractivity contribution in [1.29, 1.82) is 0 Å². The molecule has 0 unspecified atom stereocenters. The smallest absolute Gasteiger partial charge is 0.406 e. The minimum atomic E-state index is -0.555. The lowest BCUT2D eigenvalue weighted by atomic mass is 10.1. The van der Waals surface area contributed by atoms with Gasteiger partial charge in [-0.25, -0.2) is 0 Å². The van der Waals surface area contributed by atoms with Crippen LogP contribution in [0.3, 0.4) is 0 Å². The number of pyridine rings is 1. The van der Waals surface area contributed by atoms with Crippen LogP contribution in [-0.4, -0.2) is 16.5 Å². The number of ether oxygens (including phenoxy) is 1. The van der Waals surface area contributed by atoms with E-state index >= 15 is 0 Å². The highest BCUT2D eigenvalue weighted by Gasteiger charge is 2.21. The number of hydrogen-bond donors (Lipinski definition) is 0. The summed E-state index contributed by atoms with van der Waals surface area (Å²) in [6.07, 6.45) is 5.93. The summed E-state index contributed by atoms with van der Waals surface area (Å²) in [5, 5.41) is 11.1. The van der Waals surface area contributed by atoms with Crippen LogP contribution in [0.15, 0.2) is 12.3 Å². The zero-order valence-electron chi connectivity index (χ0n) is 9.26. The molecule has 0 saturated heterocycles. The third-order valence-electron chi connectivity index (χ3n) is 2.92. The van der Waals surface area contributed by atoms with Gasteiger partial charge in [0.2, 0.25) is 5.75 Å². The lowest BCUT2D eigenvalue weighted by Gasteiger charge is -2.10. The van der Waals surface area contributed by atoms with Gasteiger partial charge in [0.1, 0.15) is 0 Å². The third kappa shape index (κ3) is 3.06. The molecule has 0 N–H and O–H groups in total. The Labute approximate surface area is 104 Å². The zero-order chi connectivity index (χ0) is 12.3. The SMILES string of the molecule is O=[N+]([O-])c1ncc(Cl)cc1OCC1CCCC1. The van der Waals surface area contributed by atoms with Gasteiger partial charge in [0, 0.05) is 6.07 Å². The minimum Gasteiger partial charge on any atom is -0.485 e. The number of nitrogens with zero attached hydrogens (tertiary/aromatic N) is 2. The zero-order valence-corrected chi connectivity index (χ0v) is 10.0. The monoisotopic (exact) mass is 256 g/mol. The fraction of sp³-hybridized carbons (Fsp3) is 0.545. The van der Waals surface area contributed by atoms with E-state index in [0.717, 1.165) is 12.8 Å². The first-order valence-corrected chi connectivity index (χ1v) is 5.97. The summed E-state index contributed by atoms with van der Waals surface area (Å²) in [5.41, 5.74) is 0. The van der Waals surface area contributed by atoms with Crippen molar-refractivity contribution in [2.45, 2.75) is 25.7 Å². The Morgan fingerprint density at radius 2 is 2.24 bits per heavy atom. The Kier molecular flexibility index (Phi) is 3.78. The largest absolute Gasteiger partial charge is 0.485 e. The Morgan fingerprint density at radius 3 is 2.88 bits per heavy atom. The van der Waals surface area contributed by atoms with Gasteiger partial charge in [-0.15, -0.1) is 0 Å². The maximum absolute atomic E-state index is 10.7. The summed E-state index contributed by atoms with van der Waals surface area (Å²) in [5.74, 6) is 0.385. The first-order chi connectivity index (χ1) is 8.16. The van der Waals surface area contributed by atoms with Crippen LogP contribution in [0.5, 0.6) is 5.75 Å². The molecule has 92 valence electrons. The highest BCUT2D eigenvalue weighted by molar-refractivity contribution is 6.30. The van der Waals surface area contributed by atoms with E-state index in [-0.39, 0.29) is 11.6 Å². The van der Waals surface area contributed by atoms with Crippen molar-refractivity contribution in [3.8, 4) is 5.75 Å². The van der Waals surface area contributed by atoms with Gasteiger partial charge in [0.15, 0.2) is 6.20 Å². The number of halogens is 1. The van der Waals surface area contributed by atoms with Gasteiger partial charge in [-0.3, -0.25) is 0 Å². The van der Waals surface area contributed by atoms with Gasteiger partial charge in [-0.05, 0) is 28.7 Å². The number of nitro groups is 1. The molecule has 6 heteroatoms. The van der Waals surface area contributed by atoms with Gasteiger partial charge >= 0.3 is 5.82 Å². The van der Waals surface area contributed by atoms with Gasteiger partial charge in [-0.2, -0.15) is 0 Å². The number of hydrogen-bond acceptors (Lipinski definition) is 4. The first-order valence-electron chi connectivity index (χ1n) is 5.59. The van der Waals surface area contributed by atoms with Crippen LogP contribution < -0.4 is 4.74 Å². The maximum atomic E-state index is 10.7. The molecule has 17 heavy (non-hydrogen) atoms. The van der Waals surface area contributed by atoms with Gasteiger partial charge in [-0.1, -0.05) is 24.4 Å². The van der Waals surface area contributed by atoms with Crippen LogP contribution in [0, 0.1) is 16.0 Å². The highest BCUT2D eigenvalue weighted by atomic mass is 35.5. The second kappa shape index (κ2) is 5.31. The van der Waals surface area contributed by atoms with E-state index in [1.165, 1.54) is 25.1 Å². The van der Waals surface area contributed by atoms with Gasteiger partial charge < -0.3 is 14.9 Å². The molecule has 1 aromatic rings. The standard InChI is InChI=1S/C11H13ClN2O3/c12-9-5-10(11(13-6-9)14(15)16)17-7-8-3-1-2-4-8/h5-6,8H,1-4,7H2. The summed E-state index contributed by atoms with van der Waals surface area (Å²) < 4.78 is 5.47. The molecular formula is C11H13ClN2O3. The molecule has 0 aliphatic heterocycles. The molecule has 0 atom stereocenters. The molecule has 1 fully saturated rings. The quantitative estimate of drug-likeness (QED) is 0.613. The predicted octanol–water partition coefficient (Wildman–Crippen LogP) is 3.21. The summed E-state index contributed by atoms with van der Waals surface area (Å²) in [4.78, 5) is 13.9. The first kappa shape index (κ1) is 12.1. The Balaban J connectivity index is 2.07. The van der Waals surface area contributed by atoms with Crippen molar-refractivity contribution < 1.29 is 9.66 Å². The second-order valence-electron chi connectivity index (χ2n) is 4.19. The van der Waals surface area contributed by atoms with Crippen molar-refractivity contribution in [3.63, 3.8) is 0 Å². The summed E-state index contributed by atoms with van der Waals surface area (Å²) in [7, 11) is 0. The summed E-state index contributed by atoms with van der Waals surface area (Å²) in [6.45, 7) is 0.503. The van der Waals surface area contributed by atoms with Crippen LogP contribution in [0.4, 0.5) is 5.82 Å². The highest BCUT2D eigenvalue weighted by Crippen LogP contribution is 2.30. The molecule has 1 aromatic heterocycles. The van der Waals surface area contributed by atoms with E-state index in [9.17, 15) is 10.1 Å². The number of aromatic nitrogens is 1. The molecule has 1 aliphatic carbocycles. The molecule has 0 amide bonds. The molecule has 0 bridgehead atoms. The fourth-order valence-electron chi connectivity index (χ4n) is 2.04. The molecular weight excluding hydrogens is 244 g/mol. The Morgan fingerprint density at radius 1 is 1.53 bits per heavy atom. The molecule has 1 heterocycles. The van der Waals surface area contributed by atoms with E-state index in [1.54, 1.807) is 0 Å². The van der Waals surface area contributed by atoms with Crippen LogP contribution >= 0.6 is 11.6 Å². The van der Waals surface area contributed by atoms with E-state index in [2.05, 4.69) is 4.98 Å². The van der Waals surface area contributed by atoms with Crippen LogP contribution in [0.1, 0.15) is 25.7 Å². The lowest BCUT2D eigenvalue weighted by molar-refractivity contribution is -0.390. The van der Waals surface area contributed by atoms with E-state index in [0.29, 0.717) is 17.5 Å². The molecule has 0 radical (unpaired) electrons. The topological polar surface area (TPSA) is 65.3 Å². The Bertz CT molecular complexity index is 419. The summed E-state index contributed by atoms with van der Waals surface area (Å²) >= 11 is 5.75. The van der Waals surface area contributed by atoms with Crippen molar-refractivity contribution in [3.05, 3.63) is 27.4 Å². The maximum Gasteiger partial charge on any atom is 0.406 e. The minimum absolute atomic E-state index is 0.161. The second-order valence-corrected chi connectivity index (χ2v) is 4.63. The van der Waals surface area contributed by atoms with Crippen LogP contribution in [0.25, 0.3) is 0 Å². The predicted molar refractivity (Wildman–Crippen MR) is 63.4 cm³/mol. The van der Waals surface area contributed by atoms with Crippen molar-refractivity contribution in [1.82, 2.24) is 4.98 Å². The lowest BCUT2D eigenvalue weighted by Crippen LogP contribution is -2.09.